The molecule has 0 amide bonds. The quantitative estimate of drug-likeness (QED) is 0.326. The highest BCUT2D eigenvalue weighted by Crippen LogP contribution is 2.08. The molecule has 1 aromatic heterocycles. The third-order valence-electron chi connectivity index (χ3n) is 4.45. The summed E-state index contributed by atoms with van der Waals surface area (Å²) in [6.45, 7) is 11.8. The number of halogens is 1. The molecule has 0 fully saturated rings. The van der Waals surface area contributed by atoms with Crippen molar-refractivity contribution < 1.29 is 0 Å². The predicted octanol–water partition coefficient (Wildman–Crippen LogP) is 3.14. The number of aliphatic imine (C=N–C) groups is 1. The number of nitrogens with zero attached hydrogens (tertiary/aromatic N) is 4. The van der Waals surface area contributed by atoms with Gasteiger partial charge in [0.2, 0.25) is 0 Å². The zero-order valence-electron chi connectivity index (χ0n) is 16.9. The lowest BCUT2D eigenvalue weighted by atomic mass is 10.1. The Kier molecular flexibility index (Phi) is 11.0. The Bertz CT molecular complexity index is 676. The maximum absolute atomic E-state index is 4.69. The molecule has 2 aromatic rings. The predicted molar refractivity (Wildman–Crippen MR) is 123 cm³/mol. The average molecular weight is 484 g/mol. The highest BCUT2D eigenvalue weighted by atomic mass is 127. The molecule has 27 heavy (non-hydrogen) atoms. The summed E-state index contributed by atoms with van der Waals surface area (Å²) in [7, 11) is 1.95. The zero-order valence-corrected chi connectivity index (χ0v) is 19.2. The molecule has 6 nitrogen and oxygen atoms in total. The van der Waals surface area contributed by atoms with Crippen LogP contribution in [0.2, 0.25) is 0 Å². The summed E-state index contributed by atoms with van der Waals surface area (Å²) in [4.78, 5) is 7.11. The zero-order chi connectivity index (χ0) is 18.8. The van der Waals surface area contributed by atoms with Crippen LogP contribution in [0.4, 0.5) is 0 Å². The molecule has 0 aliphatic carbocycles. The van der Waals surface area contributed by atoms with E-state index in [4.69, 9.17) is 4.99 Å². The maximum atomic E-state index is 4.69. The number of nitrogens with one attached hydrogen (secondary N) is 2. The lowest BCUT2D eigenvalue weighted by molar-refractivity contribution is 0.296. The van der Waals surface area contributed by atoms with Gasteiger partial charge < -0.3 is 10.6 Å². The van der Waals surface area contributed by atoms with Crippen LogP contribution in [0.5, 0.6) is 0 Å². The molecule has 0 aliphatic heterocycles. The van der Waals surface area contributed by atoms with E-state index >= 15 is 0 Å². The van der Waals surface area contributed by atoms with E-state index in [0.29, 0.717) is 13.1 Å². The summed E-state index contributed by atoms with van der Waals surface area (Å²) in [5, 5.41) is 10.8. The van der Waals surface area contributed by atoms with Crippen LogP contribution in [0.15, 0.2) is 41.5 Å². The average Bonchev–Trinajstić information content (AvgIpc) is 3.08. The Labute approximate surface area is 180 Å². The summed E-state index contributed by atoms with van der Waals surface area (Å²) in [6.07, 6.45) is 1.81. The fourth-order valence-corrected chi connectivity index (χ4v) is 2.72. The van der Waals surface area contributed by atoms with Gasteiger partial charge in [-0.25, -0.2) is 4.99 Å². The molecular weight excluding hydrogens is 451 g/mol. The summed E-state index contributed by atoms with van der Waals surface area (Å²) >= 11 is 0. The first-order valence-electron chi connectivity index (χ1n) is 9.45. The Morgan fingerprint density at radius 1 is 1.04 bits per heavy atom. The molecule has 2 rings (SSSR count). The summed E-state index contributed by atoms with van der Waals surface area (Å²) < 4.78 is 1.87. The van der Waals surface area contributed by atoms with Crippen LogP contribution < -0.4 is 10.6 Å². The molecule has 0 bridgehead atoms. The summed E-state index contributed by atoms with van der Waals surface area (Å²) in [5.41, 5.74) is 3.69. The molecule has 0 radical (unpaired) electrons. The van der Waals surface area contributed by atoms with E-state index in [1.807, 2.05) is 17.8 Å². The molecule has 0 unspecified atom stereocenters. The van der Waals surface area contributed by atoms with Gasteiger partial charge in [0.05, 0.1) is 18.8 Å². The Morgan fingerprint density at radius 3 is 2.26 bits per heavy atom. The van der Waals surface area contributed by atoms with Crippen molar-refractivity contribution in [2.45, 2.75) is 40.4 Å². The smallest absolute Gasteiger partial charge is 0.191 e. The molecule has 1 aromatic carbocycles. The SMILES string of the molecule is CCNC(=NCc1ccc(CN(CC)CC)cc1)NCc1ccnn1C.I. The molecule has 0 saturated carbocycles. The van der Waals surface area contributed by atoms with E-state index in [9.17, 15) is 0 Å². The van der Waals surface area contributed by atoms with Crippen molar-refractivity contribution in [1.29, 1.82) is 0 Å². The molecule has 0 atom stereocenters. The lowest BCUT2D eigenvalue weighted by Gasteiger charge is -2.18. The molecule has 150 valence electrons. The van der Waals surface area contributed by atoms with E-state index in [-0.39, 0.29) is 24.0 Å². The van der Waals surface area contributed by atoms with E-state index < -0.39 is 0 Å². The van der Waals surface area contributed by atoms with E-state index in [1.165, 1.54) is 11.1 Å². The molecule has 0 saturated heterocycles. The van der Waals surface area contributed by atoms with Crippen LogP contribution in [0.3, 0.4) is 0 Å². The molecule has 0 spiro atoms. The minimum absolute atomic E-state index is 0. The minimum atomic E-state index is 0. The maximum Gasteiger partial charge on any atom is 0.191 e. The topological polar surface area (TPSA) is 57.5 Å². The van der Waals surface area contributed by atoms with Crippen molar-refractivity contribution in [3.05, 3.63) is 53.3 Å². The van der Waals surface area contributed by atoms with Gasteiger partial charge >= 0.3 is 0 Å². The van der Waals surface area contributed by atoms with Crippen molar-refractivity contribution >= 4 is 29.9 Å². The number of hydrogen-bond donors (Lipinski definition) is 2. The fraction of sp³-hybridized carbons (Fsp3) is 0.500. The van der Waals surface area contributed by atoms with Crippen molar-refractivity contribution in [2.24, 2.45) is 12.0 Å². The first-order chi connectivity index (χ1) is 12.7. The largest absolute Gasteiger partial charge is 0.357 e. The molecule has 7 heteroatoms. The minimum Gasteiger partial charge on any atom is -0.357 e. The molecular formula is C20H33IN6. The Hall–Kier alpha value is -1.61. The van der Waals surface area contributed by atoms with Gasteiger partial charge in [-0.05, 0) is 37.2 Å². The third-order valence-corrected chi connectivity index (χ3v) is 4.45. The van der Waals surface area contributed by atoms with Crippen LogP contribution in [0, 0.1) is 0 Å². The number of aryl methyl sites for hydroxylation is 1. The van der Waals surface area contributed by atoms with Crippen LogP contribution >= 0.6 is 24.0 Å². The number of rotatable bonds is 9. The highest BCUT2D eigenvalue weighted by molar-refractivity contribution is 14.0. The van der Waals surface area contributed by atoms with Gasteiger partial charge in [-0.3, -0.25) is 9.58 Å². The van der Waals surface area contributed by atoms with Gasteiger partial charge in [-0.2, -0.15) is 5.10 Å². The second-order valence-corrected chi connectivity index (χ2v) is 6.27. The monoisotopic (exact) mass is 484 g/mol. The van der Waals surface area contributed by atoms with Crippen LogP contribution in [0.1, 0.15) is 37.6 Å². The number of hydrogen-bond acceptors (Lipinski definition) is 3. The summed E-state index contributed by atoms with van der Waals surface area (Å²) in [5.74, 6) is 0.820. The van der Waals surface area contributed by atoms with E-state index in [1.54, 1.807) is 6.20 Å². The van der Waals surface area contributed by atoms with Gasteiger partial charge in [0.25, 0.3) is 0 Å². The van der Waals surface area contributed by atoms with Crippen LogP contribution in [0.25, 0.3) is 0 Å². The standard InChI is InChI=1S/C20H32N6.HI/c1-5-21-20(23-15-19-12-13-24-25(19)4)22-14-17-8-10-18(11-9-17)16-26(6-2)7-3;/h8-13H,5-7,14-16H2,1-4H3,(H2,21,22,23);1H. The van der Waals surface area contributed by atoms with E-state index in [2.05, 4.69) is 65.7 Å². The molecule has 0 aliphatic rings. The van der Waals surface area contributed by atoms with Gasteiger partial charge in [0.15, 0.2) is 5.96 Å². The van der Waals surface area contributed by atoms with Crippen molar-refractivity contribution in [3.63, 3.8) is 0 Å². The summed E-state index contributed by atoms with van der Waals surface area (Å²) in [6, 6.07) is 10.8. The van der Waals surface area contributed by atoms with Gasteiger partial charge in [0, 0.05) is 26.3 Å². The van der Waals surface area contributed by atoms with E-state index in [0.717, 1.165) is 37.8 Å². The Balaban J connectivity index is 0.00000364. The van der Waals surface area contributed by atoms with Crippen LogP contribution in [-0.2, 0) is 26.7 Å². The van der Waals surface area contributed by atoms with Gasteiger partial charge in [-0.15, -0.1) is 24.0 Å². The van der Waals surface area contributed by atoms with Crippen LogP contribution in [-0.4, -0.2) is 40.3 Å². The number of guanidine groups is 1. The second-order valence-electron chi connectivity index (χ2n) is 6.27. The Morgan fingerprint density at radius 2 is 1.70 bits per heavy atom. The first kappa shape index (κ1) is 23.4. The second kappa shape index (κ2) is 12.7. The van der Waals surface area contributed by atoms with Crippen molar-refractivity contribution in [1.82, 2.24) is 25.3 Å². The van der Waals surface area contributed by atoms with Crippen molar-refractivity contribution in [3.8, 4) is 0 Å². The lowest BCUT2D eigenvalue weighted by Crippen LogP contribution is -2.37. The fourth-order valence-electron chi connectivity index (χ4n) is 2.72. The number of aromatic nitrogens is 2. The molecule has 2 N–H and O–H groups in total. The van der Waals surface area contributed by atoms with Crippen molar-refractivity contribution in [2.75, 3.05) is 19.6 Å². The first-order valence-corrected chi connectivity index (χ1v) is 9.45. The van der Waals surface area contributed by atoms with Gasteiger partial charge in [-0.1, -0.05) is 38.1 Å². The van der Waals surface area contributed by atoms with Gasteiger partial charge in [0.1, 0.15) is 0 Å². The number of benzene rings is 1. The molecule has 1 heterocycles. The third kappa shape index (κ3) is 7.88. The highest BCUT2D eigenvalue weighted by Gasteiger charge is 2.03. The normalized spacial score (nSPS) is 11.4.